The molecular formula is C12H16N2OS. The van der Waals surface area contributed by atoms with Gasteiger partial charge in [-0.25, -0.2) is 4.98 Å². The smallest absolute Gasteiger partial charge is 0.120 e. The fourth-order valence-corrected chi connectivity index (χ4v) is 2.30. The van der Waals surface area contributed by atoms with Crippen molar-refractivity contribution in [2.45, 2.75) is 32.9 Å². The normalized spacial score (nSPS) is 12.9. The fraction of sp³-hybridized carbons (Fsp3) is 0.417. The van der Waals surface area contributed by atoms with Gasteiger partial charge in [-0.05, 0) is 25.5 Å². The van der Waals surface area contributed by atoms with Crippen molar-refractivity contribution in [1.82, 2.24) is 10.3 Å². The monoisotopic (exact) mass is 236 g/mol. The molecule has 3 nitrogen and oxygen atoms in total. The summed E-state index contributed by atoms with van der Waals surface area (Å²) in [4.78, 5) is 5.60. The molecule has 0 amide bonds. The second-order valence-corrected chi connectivity index (χ2v) is 4.89. The third-order valence-electron chi connectivity index (χ3n) is 2.46. The van der Waals surface area contributed by atoms with Gasteiger partial charge in [0.25, 0.3) is 0 Å². The lowest BCUT2D eigenvalue weighted by atomic mass is 10.2. The number of furan rings is 1. The molecule has 2 rings (SSSR count). The topological polar surface area (TPSA) is 38.1 Å². The number of aryl methyl sites for hydroxylation is 1. The summed E-state index contributed by atoms with van der Waals surface area (Å²) >= 11 is 1.77. The first-order chi connectivity index (χ1) is 7.79. The van der Waals surface area contributed by atoms with Gasteiger partial charge in [0.05, 0.1) is 17.3 Å². The largest absolute Gasteiger partial charge is 0.468 e. The quantitative estimate of drug-likeness (QED) is 0.866. The van der Waals surface area contributed by atoms with Crippen LogP contribution in [0.5, 0.6) is 0 Å². The number of hydrogen-bond donors (Lipinski definition) is 1. The maximum Gasteiger partial charge on any atom is 0.120 e. The maximum atomic E-state index is 5.34. The highest BCUT2D eigenvalue weighted by atomic mass is 32.1. The zero-order chi connectivity index (χ0) is 11.4. The molecule has 0 saturated heterocycles. The number of nitrogens with zero attached hydrogens (tertiary/aromatic N) is 1. The third kappa shape index (κ3) is 2.71. The SMILES string of the molecule is CCc1ncc(CN[C@@H](C)c2ccco2)s1. The Hall–Kier alpha value is -1.13. The van der Waals surface area contributed by atoms with E-state index in [4.69, 9.17) is 4.42 Å². The van der Waals surface area contributed by atoms with E-state index in [1.807, 2.05) is 18.3 Å². The molecule has 0 spiro atoms. The lowest BCUT2D eigenvalue weighted by Crippen LogP contribution is -2.16. The van der Waals surface area contributed by atoms with Crippen LogP contribution in [0.15, 0.2) is 29.0 Å². The molecular weight excluding hydrogens is 220 g/mol. The van der Waals surface area contributed by atoms with Gasteiger partial charge >= 0.3 is 0 Å². The van der Waals surface area contributed by atoms with Crippen LogP contribution in [0.3, 0.4) is 0 Å². The number of hydrogen-bond acceptors (Lipinski definition) is 4. The third-order valence-corrected chi connectivity index (χ3v) is 3.60. The van der Waals surface area contributed by atoms with Gasteiger partial charge in [0.1, 0.15) is 5.76 Å². The number of aromatic nitrogens is 1. The van der Waals surface area contributed by atoms with Crippen LogP contribution < -0.4 is 5.32 Å². The van der Waals surface area contributed by atoms with Gasteiger partial charge in [0.15, 0.2) is 0 Å². The molecule has 0 aromatic carbocycles. The van der Waals surface area contributed by atoms with Crippen LogP contribution in [0.2, 0.25) is 0 Å². The summed E-state index contributed by atoms with van der Waals surface area (Å²) in [5.74, 6) is 0.972. The van der Waals surface area contributed by atoms with Gasteiger partial charge in [0, 0.05) is 17.6 Å². The number of rotatable bonds is 5. The van der Waals surface area contributed by atoms with Crippen LogP contribution in [0, 0.1) is 0 Å². The second kappa shape index (κ2) is 5.27. The molecule has 0 radical (unpaired) electrons. The van der Waals surface area contributed by atoms with Gasteiger partial charge in [-0.1, -0.05) is 6.92 Å². The van der Waals surface area contributed by atoms with Crippen molar-refractivity contribution in [2.24, 2.45) is 0 Å². The Kier molecular flexibility index (Phi) is 3.74. The maximum absolute atomic E-state index is 5.34. The highest BCUT2D eigenvalue weighted by Gasteiger charge is 2.08. The summed E-state index contributed by atoms with van der Waals surface area (Å²) in [6.45, 7) is 5.07. The summed E-state index contributed by atoms with van der Waals surface area (Å²) in [5.41, 5.74) is 0. The molecule has 4 heteroatoms. The lowest BCUT2D eigenvalue weighted by Gasteiger charge is -2.09. The van der Waals surface area contributed by atoms with Crippen LogP contribution in [0.25, 0.3) is 0 Å². The molecule has 1 atom stereocenters. The number of thiazole rings is 1. The van der Waals surface area contributed by atoms with Gasteiger partial charge in [-0.2, -0.15) is 0 Å². The average molecular weight is 236 g/mol. The second-order valence-electron chi connectivity index (χ2n) is 3.69. The Morgan fingerprint density at radius 2 is 2.44 bits per heavy atom. The summed E-state index contributed by atoms with van der Waals surface area (Å²) in [5, 5.41) is 4.61. The zero-order valence-corrected chi connectivity index (χ0v) is 10.4. The van der Waals surface area contributed by atoms with Crippen LogP contribution in [-0.4, -0.2) is 4.98 Å². The fourth-order valence-electron chi connectivity index (χ4n) is 1.49. The first-order valence-electron chi connectivity index (χ1n) is 5.50. The Balaban J connectivity index is 1.87. The molecule has 16 heavy (non-hydrogen) atoms. The zero-order valence-electron chi connectivity index (χ0n) is 9.56. The van der Waals surface area contributed by atoms with Crippen LogP contribution in [-0.2, 0) is 13.0 Å². The molecule has 0 fully saturated rings. The molecule has 0 bridgehead atoms. The van der Waals surface area contributed by atoms with Gasteiger partial charge in [-0.3, -0.25) is 0 Å². The molecule has 1 N–H and O–H groups in total. The average Bonchev–Trinajstić information content (AvgIpc) is 2.96. The van der Waals surface area contributed by atoms with E-state index in [2.05, 4.69) is 24.1 Å². The standard InChI is InChI=1S/C12H16N2OS/c1-3-12-14-8-10(16-12)7-13-9(2)11-5-4-6-15-11/h4-6,8-9,13H,3,7H2,1-2H3/t9-/m0/s1. The van der Waals surface area contributed by atoms with E-state index in [1.54, 1.807) is 17.6 Å². The molecule has 0 aliphatic carbocycles. The minimum atomic E-state index is 0.238. The van der Waals surface area contributed by atoms with Crippen LogP contribution in [0.4, 0.5) is 0 Å². The predicted octanol–water partition coefficient (Wildman–Crippen LogP) is 3.15. The van der Waals surface area contributed by atoms with Crippen molar-refractivity contribution in [1.29, 1.82) is 0 Å². The minimum Gasteiger partial charge on any atom is -0.468 e. The van der Waals surface area contributed by atoms with E-state index in [1.165, 1.54) is 9.88 Å². The van der Waals surface area contributed by atoms with E-state index >= 15 is 0 Å². The highest BCUT2D eigenvalue weighted by Crippen LogP contribution is 2.16. The van der Waals surface area contributed by atoms with E-state index in [0.717, 1.165) is 18.7 Å². The Labute approximate surface area is 99.5 Å². The molecule has 0 aliphatic heterocycles. The molecule has 2 aromatic rings. The molecule has 0 unspecified atom stereocenters. The Bertz CT molecular complexity index is 422. The van der Waals surface area contributed by atoms with Crippen molar-refractivity contribution in [3.05, 3.63) is 40.2 Å². The van der Waals surface area contributed by atoms with Crippen molar-refractivity contribution >= 4 is 11.3 Å². The molecule has 2 aromatic heterocycles. The van der Waals surface area contributed by atoms with Crippen LogP contribution in [0.1, 0.15) is 35.5 Å². The van der Waals surface area contributed by atoms with Gasteiger partial charge in [-0.15, -0.1) is 11.3 Å². The summed E-state index contributed by atoms with van der Waals surface area (Å²) in [7, 11) is 0. The Morgan fingerprint density at radius 1 is 1.56 bits per heavy atom. The van der Waals surface area contributed by atoms with Gasteiger partial charge in [0.2, 0.25) is 0 Å². The van der Waals surface area contributed by atoms with Crippen molar-refractivity contribution in [3.8, 4) is 0 Å². The van der Waals surface area contributed by atoms with E-state index in [-0.39, 0.29) is 6.04 Å². The summed E-state index contributed by atoms with van der Waals surface area (Å²) in [6, 6.07) is 4.14. The Morgan fingerprint density at radius 3 is 3.06 bits per heavy atom. The molecule has 2 heterocycles. The van der Waals surface area contributed by atoms with Crippen molar-refractivity contribution < 1.29 is 4.42 Å². The van der Waals surface area contributed by atoms with Gasteiger partial charge < -0.3 is 9.73 Å². The number of nitrogens with one attached hydrogen (secondary N) is 1. The molecule has 0 aliphatic rings. The van der Waals surface area contributed by atoms with E-state index < -0.39 is 0 Å². The van der Waals surface area contributed by atoms with E-state index in [0.29, 0.717) is 0 Å². The first-order valence-corrected chi connectivity index (χ1v) is 6.31. The summed E-state index contributed by atoms with van der Waals surface area (Å²) < 4.78 is 5.34. The molecule has 0 saturated carbocycles. The van der Waals surface area contributed by atoms with Crippen LogP contribution >= 0.6 is 11.3 Å². The minimum absolute atomic E-state index is 0.238. The highest BCUT2D eigenvalue weighted by molar-refractivity contribution is 7.11. The first kappa shape index (κ1) is 11.4. The summed E-state index contributed by atoms with van der Waals surface area (Å²) in [6.07, 6.45) is 4.67. The predicted molar refractivity (Wildman–Crippen MR) is 65.5 cm³/mol. The molecule has 86 valence electrons. The van der Waals surface area contributed by atoms with E-state index in [9.17, 15) is 0 Å². The van der Waals surface area contributed by atoms with Crippen molar-refractivity contribution in [2.75, 3.05) is 0 Å². The van der Waals surface area contributed by atoms with Crippen molar-refractivity contribution in [3.63, 3.8) is 0 Å². The lowest BCUT2D eigenvalue weighted by molar-refractivity contribution is 0.431.